The van der Waals surface area contributed by atoms with E-state index >= 15 is 0 Å². The zero-order valence-electron chi connectivity index (χ0n) is 17.7. The van der Waals surface area contributed by atoms with E-state index in [9.17, 15) is 9.59 Å². The van der Waals surface area contributed by atoms with Crippen LogP contribution in [0, 0.1) is 19.8 Å². The Labute approximate surface area is 168 Å². The van der Waals surface area contributed by atoms with Crippen LogP contribution in [0.1, 0.15) is 50.3 Å². The lowest BCUT2D eigenvalue weighted by atomic mass is 9.96. The highest BCUT2D eigenvalue weighted by atomic mass is 16.5. The first-order valence-electron chi connectivity index (χ1n) is 10.3. The summed E-state index contributed by atoms with van der Waals surface area (Å²) in [7, 11) is 0. The van der Waals surface area contributed by atoms with Crippen molar-refractivity contribution >= 4 is 17.4 Å². The van der Waals surface area contributed by atoms with Crippen LogP contribution in [-0.4, -0.2) is 54.0 Å². The molecule has 3 rings (SSSR count). The van der Waals surface area contributed by atoms with Crippen LogP contribution in [-0.2, 0) is 14.3 Å². The van der Waals surface area contributed by atoms with Gasteiger partial charge in [0, 0.05) is 13.1 Å². The van der Waals surface area contributed by atoms with Crippen LogP contribution in [0.3, 0.4) is 0 Å². The van der Waals surface area contributed by atoms with Gasteiger partial charge in [-0.25, -0.2) is 0 Å². The molecule has 0 aliphatic carbocycles. The molecular formula is C23H32N2O3. The Kier molecular flexibility index (Phi) is 6.23. The highest BCUT2D eigenvalue weighted by Crippen LogP contribution is 2.34. The van der Waals surface area contributed by atoms with E-state index < -0.39 is 0 Å². The van der Waals surface area contributed by atoms with Gasteiger partial charge in [0.25, 0.3) is 11.8 Å². The number of rotatable bonds is 6. The van der Waals surface area contributed by atoms with E-state index in [1.54, 1.807) is 0 Å². The lowest BCUT2D eigenvalue weighted by Crippen LogP contribution is -2.39. The fraction of sp³-hybridized carbons (Fsp3) is 0.565. The lowest BCUT2D eigenvalue weighted by Gasteiger charge is -2.32. The van der Waals surface area contributed by atoms with E-state index in [0.717, 1.165) is 37.1 Å². The molecule has 1 saturated heterocycles. The Morgan fingerprint density at radius 3 is 2.36 bits per heavy atom. The van der Waals surface area contributed by atoms with E-state index in [1.807, 2.05) is 39.0 Å². The van der Waals surface area contributed by atoms with Gasteiger partial charge in [0.05, 0.1) is 24.8 Å². The number of likely N-dealkylation sites (tertiary alicyclic amines) is 1. The number of hydrogen-bond donors (Lipinski definition) is 0. The Bertz CT molecular complexity index is 789. The molecule has 2 aliphatic heterocycles. The van der Waals surface area contributed by atoms with Crippen LogP contribution in [0.25, 0.3) is 5.57 Å². The van der Waals surface area contributed by atoms with Crippen LogP contribution in [0.15, 0.2) is 23.9 Å². The summed E-state index contributed by atoms with van der Waals surface area (Å²) in [6.45, 7) is 12.5. The molecule has 2 amide bonds. The van der Waals surface area contributed by atoms with E-state index in [0.29, 0.717) is 23.8 Å². The van der Waals surface area contributed by atoms with Crippen molar-refractivity contribution in [2.24, 2.45) is 5.92 Å². The molecule has 0 N–H and O–H groups in total. The van der Waals surface area contributed by atoms with Crippen LogP contribution in [0.5, 0.6) is 0 Å². The number of amides is 2. The number of benzene rings is 1. The van der Waals surface area contributed by atoms with Crippen LogP contribution in [0.2, 0.25) is 0 Å². The molecule has 1 fully saturated rings. The summed E-state index contributed by atoms with van der Waals surface area (Å²) >= 11 is 0. The van der Waals surface area contributed by atoms with Crippen LogP contribution >= 0.6 is 0 Å². The molecule has 5 nitrogen and oxygen atoms in total. The third-order valence-corrected chi connectivity index (χ3v) is 5.81. The maximum absolute atomic E-state index is 13.3. The molecule has 0 radical (unpaired) electrons. The molecule has 1 aromatic carbocycles. The number of ether oxygens (including phenoxy) is 1. The monoisotopic (exact) mass is 384 g/mol. The summed E-state index contributed by atoms with van der Waals surface area (Å²) in [5, 5.41) is 0. The van der Waals surface area contributed by atoms with Gasteiger partial charge in [-0.2, -0.15) is 0 Å². The molecule has 0 atom stereocenters. The number of nitrogens with zero attached hydrogens (tertiary/aromatic N) is 2. The second-order valence-corrected chi connectivity index (χ2v) is 8.37. The first-order valence-corrected chi connectivity index (χ1v) is 10.3. The zero-order chi connectivity index (χ0) is 20.4. The van der Waals surface area contributed by atoms with Crippen LogP contribution < -0.4 is 0 Å². The van der Waals surface area contributed by atoms with Crippen molar-refractivity contribution < 1.29 is 14.3 Å². The van der Waals surface area contributed by atoms with Crippen molar-refractivity contribution in [3.63, 3.8) is 0 Å². The van der Waals surface area contributed by atoms with E-state index in [4.69, 9.17) is 4.74 Å². The van der Waals surface area contributed by atoms with Gasteiger partial charge in [-0.1, -0.05) is 25.1 Å². The quantitative estimate of drug-likeness (QED) is 0.704. The topological polar surface area (TPSA) is 49.9 Å². The van der Waals surface area contributed by atoms with Crippen molar-refractivity contribution in [2.45, 2.75) is 53.6 Å². The molecule has 5 heteroatoms. The van der Waals surface area contributed by atoms with Gasteiger partial charge in [0.1, 0.15) is 5.70 Å². The zero-order valence-corrected chi connectivity index (χ0v) is 17.7. The lowest BCUT2D eigenvalue weighted by molar-refractivity contribution is -0.138. The summed E-state index contributed by atoms with van der Waals surface area (Å²) in [5.41, 5.74) is 4.26. The summed E-state index contributed by atoms with van der Waals surface area (Å²) in [5.74, 6) is 0.277. The molecule has 0 aromatic heterocycles. The van der Waals surface area contributed by atoms with Gasteiger partial charge in [-0.15, -0.1) is 0 Å². The van der Waals surface area contributed by atoms with Gasteiger partial charge in [0.2, 0.25) is 0 Å². The minimum absolute atomic E-state index is 0.0723. The minimum Gasteiger partial charge on any atom is -0.377 e. The summed E-state index contributed by atoms with van der Waals surface area (Å²) in [6.07, 6.45) is 2.16. The average molecular weight is 385 g/mol. The number of piperidine rings is 1. The standard InChI is InChI=1S/C23H32N2O3/c1-15(2)28-13-12-25-22(26)20(19-7-6-17(4)18(5)14-19)21(23(25)27)24-10-8-16(3)9-11-24/h6-7,14-16H,8-13H2,1-5H3. The largest absolute Gasteiger partial charge is 0.377 e. The Morgan fingerprint density at radius 1 is 1.07 bits per heavy atom. The molecule has 28 heavy (non-hydrogen) atoms. The maximum atomic E-state index is 13.3. The summed E-state index contributed by atoms with van der Waals surface area (Å²) in [6, 6.07) is 6.01. The molecule has 0 spiro atoms. The smallest absolute Gasteiger partial charge is 0.277 e. The maximum Gasteiger partial charge on any atom is 0.277 e. The molecular weight excluding hydrogens is 352 g/mol. The number of hydrogen-bond acceptors (Lipinski definition) is 4. The molecule has 1 aromatic rings. The SMILES string of the molecule is Cc1ccc(C2=C(N3CCC(C)CC3)C(=O)N(CCOC(C)C)C2=O)cc1C. The number of aryl methyl sites for hydroxylation is 2. The normalized spacial score (nSPS) is 18.8. The number of imide groups is 1. The van der Waals surface area contributed by atoms with Gasteiger partial charge >= 0.3 is 0 Å². The Morgan fingerprint density at radius 2 is 1.75 bits per heavy atom. The predicted octanol–water partition coefficient (Wildman–Crippen LogP) is 3.54. The number of carbonyl (C=O) groups is 2. The minimum atomic E-state index is -0.200. The first kappa shape index (κ1) is 20.6. The average Bonchev–Trinajstić information content (AvgIpc) is 2.89. The van der Waals surface area contributed by atoms with E-state index in [1.165, 1.54) is 10.5 Å². The fourth-order valence-electron chi connectivity index (χ4n) is 3.83. The highest BCUT2D eigenvalue weighted by molar-refractivity contribution is 6.35. The Balaban J connectivity index is 1.96. The summed E-state index contributed by atoms with van der Waals surface area (Å²) in [4.78, 5) is 30.0. The third-order valence-electron chi connectivity index (χ3n) is 5.81. The van der Waals surface area contributed by atoms with Crippen molar-refractivity contribution in [3.8, 4) is 0 Å². The van der Waals surface area contributed by atoms with Gasteiger partial charge in [-0.05, 0) is 63.1 Å². The van der Waals surface area contributed by atoms with Crippen molar-refractivity contribution in [2.75, 3.05) is 26.2 Å². The van der Waals surface area contributed by atoms with Crippen molar-refractivity contribution in [1.29, 1.82) is 0 Å². The van der Waals surface area contributed by atoms with Crippen LogP contribution in [0.4, 0.5) is 0 Å². The third kappa shape index (κ3) is 4.14. The molecule has 2 heterocycles. The Hall–Kier alpha value is -2.14. The molecule has 2 aliphatic rings. The van der Waals surface area contributed by atoms with Gasteiger partial charge < -0.3 is 9.64 Å². The van der Waals surface area contributed by atoms with Gasteiger partial charge in [-0.3, -0.25) is 14.5 Å². The molecule has 0 bridgehead atoms. The predicted molar refractivity (Wildman–Crippen MR) is 111 cm³/mol. The van der Waals surface area contributed by atoms with Crippen molar-refractivity contribution in [3.05, 3.63) is 40.6 Å². The van der Waals surface area contributed by atoms with Gasteiger partial charge in [0.15, 0.2) is 0 Å². The van der Waals surface area contributed by atoms with E-state index in [2.05, 4.69) is 18.7 Å². The van der Waals surface area contributed by atoms with E-state index in [-0.39, 0.29) is 24.5 Å². The molecule has 152 valence electrons. The van der Waals surface area contributed by atoms with Crippen molar-refractivity contribution in [1.82, 2.24) is 9.80 Å². The highest BCUT2D eigenvalue weighted by Gasteiger charge is 2.41. The number of carbonyl (C=O) groups excluding carboxylic acids is 2. The summed E-state index contributed by atoms with van der Waals surface area (Å²) < 4.78 is 5.59. The second-order valence-electron chi connectivity index (χ2n) is 8.37. The second kappa shape index (κ2) is 8.48. The molecule has 0 unspecified atom stereocenters. The molecule has 0 saturated carbocycles. The fourth-order valence-corrected chi connectivity index (χ4v) is 3.83. The first-order chi connectivity index (χ1) is 13.3.